The second-order valence-electron chi connectivity index (χ2n) is 5.71. The molecule has 0 fully saturated rings. The van der Waals surface area contributed by atoms with E-state index in [0.29, 0.717) is 19.6 Å². The van der Waals surface area contributed by atoms with Gasteiger partial charge >= 0.3 is 5.97 Å². The lowest BCUT2D eigenvalue weighted by Gasteiger charge is -2.23. The first kappa shape index (κ1) is 15.3. The molecular weight excluding hydrogens is 250 g/mol. The molecule has 1 aliphatic rings. The van der Waals surface area contributed by atoms with Gasteiger partial charge in [-0.1, -0.05) is 20.8 Å². The van der Waals surface area contributed by atoms with Crippen LogP contribution in [0, 0.1) is 11.3 Å². The molecule has 0 aromatic heterocycles. The van der Waals surface area contributed by atoms with Crippen molar-refractivity contribution in [3.63, 3.8) is 0 Å². The van der Waals surface area contributed by atoms with E-state index < -0.39 is 17.8 Å². The highest BCUT2D eigenvalue weighted by atomic mass is 16.6. The Hall–Kier alpha value is -1.72. The minimum absolute atomic E-state index is 0.0755. The van der Waals surface area contributed by atoms with E-state index in [1.807, 2.05) is 20.8 Å². The number of nitrogens with one attached hydrogen (secondary N) is 1. The minimum atomic E-state index is -0.912. The van der Waals surface area contributed by atoms with Crippen LogP contribution in [-0.2, 0) is 19.1 Å². The smallest absolute Gasteiger partial charge is 0.308 e. The molecule has 0 spiro atoms. The lowest BCUT2D eigenvalue weighted by Crippen LogP contribution is -2.36. The third kappa shape index (κ3) is 5.63. The van der Waals surface area contributed by atoms with E-state index in [4.69, 9.17) is 14.6 Å². The number of rotatable bonds is 5. The molecule has 0 aromatic rings. The molecule has 6 nitrogen and oxygen atoms in total. The number of amides is 1. The maximum absolute atomic E-state index is 11.7. The highest BCUT2D eigenvalue weighted by molar-refractivity contribution is 5.91. The van der Waals surface area contributed by atoms with Gasteiger partial charge in [0.1, 0.15) is 19.5 Å². The first-order valence-corrected chi connectivity index (χ1v) is 6.25. The summed E-state index contributed by atoms with van der Waals surface area (Å²) in [6.07, 6.45) is 1.73. The van der Waals surface area contributed by atoms with E-state index in [0.717, 1.165) is 0 Å². The molecule has 0 aromatic carbocycles. The average Bonchev–Trinajstić information content (AvgIpc) is 2.33. The standard InChI is InChI=1S/C13H21NO5/c1-13(2,3)6-9(12(16)17)7-14-11(15)10-8-18-4-5-19-10/h8-9H,4-7H2,1-3H3,(H,14,15)(H,16,17). The lowest BCUT2D eigenvalue weighted by atomic mass is 9.84. The molecule has 1 rings (SSSR count). The molecule has 1 aliphatic heterocycles. The van der Waals surface area contributed by atoms with Crippen molar-refractivity contribution in [3.05, 3.63) is 12.0 Å². The van der Waals surface area contributed by atoms with Gasteiger partial charge in [-0.25, -0.2) is 0 Å². The topological polar surface area (TPSA) is 84.9 Å². The Bertz CT molecular complexity index is 370. The monoisotopic (exact) mass is 271 g/mol. The van der Waals surface area contributed by atoms with Gasteiger partial charge in [0.15, 0.2) is 0 Å². The molecule has 108 valence electrons. The van der Waals surface area contributed by atoms with Crippen LogP contribution in [-0.4, -0.2) is 36.7 Å². The molecule has 6 heteroatoms. The van der Waals surface area contributed by atoms with E-state index in [1.165, 1.54) is 6.26 Å². The van der Waals surface area contributed by atoms with E-state index in [2.05, 4.69) is 5.32 Å². The largest absolute Gasteiger partial charge is 0.494 e. The molecule has 1 amide bonds. The molecule has 1 heterocycles. The van der Waals surface area contributed by atoms with Crippen molar-refractivity contribution in [3.8, 4) is 0 Å². The quantitative estimate of drug-likeness (QED) is 0.783. The van der Waals surface area contributed by atoms with Gasteiger partial charge in [0.05, 0.1) is 5.92 Å². The van der Waals surface area contributed by atoms with Crippen LogP contribution in [0.15, 0.2) is 12.0 Å². The number of carbonyl (C=O) groups is 2. The van der Waals surface area contributed by atoms with Crippen LogP contribution < -0.4 is 5.32 Å². The van der Waals surface area contributed by atoms with Gasteiger partial charge in [0.2, 0.25) is 5.76 Å². The molecule has 1 atom stereocenters. The van der Waals surface area contributed by atoms with Crippen LogP contribution in [0.2, 0.25) is 0 Å². The van der Waals surface area contributed by atoms with Crippen molar-refractivity contribution < 1.29 is 24.2 Å². The van der Waals surface area contributed by atoms with Gasteiger partial charge in [-0.3, -0.25) is 9.59 Å². The van der Waals surface area contributed by atoms with Crippen molar-refractivity contribution in [2.75, 3.05) is 19.8 Å². The Kier molecular flexibility index (Phi) is 5.20. The predicted molar refractivity (Wildman–Crippen MR) is 68.2 cm³/mol. The Balaban J connectivity index is 2.49. The highest BCUT2D eigenvalue weighted by Gasteiger charge is 2.26. The summed E-state index contributed by atoms with van der Waals surface area (Å²) in [5, 5.41) is 11.7. The summed E-state index contributed by atoms with van der Waals surface area (Å²) in [6.45, 7) is 6.70. The van der Waals surface area contributed by atoms with Gasteiger partial charge in [0.25, 0.3) is 5.91 Å². The number of carbonyl (C=O) groups excluding carboxylic acids is 1. The molecule has 1 unspecified atom stereocenters. The Morgan fingerprint density at radius 1 is 1.42 bits per heavy atom. The van der Waals surface area contributed by atoms with Crippen molar-refractivity contribution in [1.82, 2.24) is 5.32 Å². The Labute approximate surface area is 112 Å². The zero-order chi connectivity index (χ0) is 14.5. The molecule has 0 aliphatic carbocycles. The van der Waals surface area contributed by atoms with Crippen LogP contribution in [0.4, 0.5) is 0 Å². The van der Waals surface area contributed by atoms with Gasteiger partial charge < -0.3 is 19.9 Å². The fourth-order valence-corrected chi connectivity index (χ4v) is 1.78. The normalized spacial score (nSPS) is 16.7. The minimum Gasteiger partial charge on any atom is -0.494 e. The van der Waals surface area contributed by atoms with Crippen LogP contribution in [0.1, 0.15) is 27.2 Å². The van der Waals surface area contributed by atoms with Crippen molar-refractivity contribution in [1.29, 1.82) is 0 Å². The SMILES string of the molecule is CC(C)(C)CC(CNC(=O)C1=COCCO1)C(=O)O. The second kappa shape index (κ2) is 6.45. The van der Waals surface area contributed by atoms with Gasteiger partial charge in [-0.2, -0.15) is 0 Å². The predicted octanol–water partition coefficient (Wildman–Crippen LogP) is 1.13. The molecule has 2 N–H and O–H groups in total. The van der Waals surface area contributed by atoms with E-state index in [1.54, 1.807) is 0 Å². The Morgan fingerprint density at radius 2 is 2.11 bits per heavy atom. The lowest BCUT2D eigenvalue weighted by molar-refractivity contribution is -0.142. The second-order valence-corrected chi connectivity index (χ2v) is 5.71. The van der Waals surface area contributed by atoms with Crippen LogP contribution in [0.3, 0.4) is 0 Å². The van der Waals surface area contributed by atoms with Gasteiger partial charge in [-0.05, 0) is 11.8 Å². The molecule has 0 radical (unpaired) electrons. The number of aliphatic carboxylic acids is 1. The van der Waals surface area contributed by atoms with Crippen molar-refractivity contribution in [2.24, 2.45) is 11.3 Å². The zero-order valence-electron chi connectivity index (χ0n) is 11.6. The fourth-order valence-electron chi connectivity index (χ4n) is 1.78. The number of hydrogen-bond acceptors (Lipinski definition) is 4. The van der Waals surface area contributed by atoms with E-state index in [-0.39, 0.29) is 17.7 Å². The summed E-state index contributed by atoms with van der Waals surface area (Å²) in [7, 11) is 0. The summed E-state index contributed by atoms with van der Waals surface area (Å²) in [6, 6.07) is 0. The molecule has 0 bridgehead atoms. The van der Waals surface area contributed by atoms with Crippen molar-refractivity contribution in [2.45, 2.75) is 27.2 Å². The summed E-state index contributed by atoms with van der Waals surface area (Å²) in [4.78, 5) is 22.9. The maximum Gasteiger partial charge on any atom is 0.308 e. The molecule has 0 saturated heterocycles. The van der Waals surface area contributed by atoms with Gasteiger partial charge in [-0.15, -0.1) is 0 Å². The summed E-state index contributed by atoms with van der Waals surface area (Å²) in [5.74, 6) is -1.88. The van der Waals surface area contributed by atoms with Gasteiger partial charge in [0, 0.05) is 6.54 Å². The van der Waals surface area contributed by atoms with Crippen LogP contribution >= 0.6 is 0 Å². The number of hydrogen-bond donors (Lipinski definition) is 2. The third-order valence-corrected chi connectivity index (χ3v) is 2.59. The fraction of sp³-hybridized carbons (Fsp3) is 0.692. The van der Waals surface area contributed by atoms with Crippen LogP contribution in [0.25, 0.3) is 0 Å². The van der Waals surface area contributed by atoms with Crippen LogP contribution in [0.5, 0.6) is 0 Å². The molecule has 19 heavy (non-hydrogen) atoms. The maximum atomic E-state index is 11.7. The summed E-state index contributed by atoms with van der Waals surface area (Å²) in [5.41, 5.74) is -0.114. The van der Waals surface area contributed by atoms with E-state index >= 15 is 0 Å². The van der Waals surface area contributed by atoms with Crippen molar-refractivity contribution >= 4 is 11.9 Å². The first-order chi connectivity index (χ1) is 8.79. The van der Waals surface area contributed by atoms with E-state index in [9.17, 15) is 9.59 Å². The molecular formula is C13H21NO5. The number of ether oxygens (including phenoxy) is 2. The zero-order valence-corrected chi connectivity index (χ0v) is 11.6. The number of carboxylic acid groups (broad SMARTS) is 1. The summed E-state index contributed by atoms with van der Waals surface area (Å²) < 4.78 is 10.1. The highest BCUT2D eigenvalue weighted by Crippen LogP contribution is 2.24. The molecule has 0 saturated carbocycles. The summed E-state index contributed by atoms with van der Waals surface area (Å²) >= 11 is 0. The first-order valence-electron chi connectivity index (χ1n) is 6.25. The Morgan fingerprint density at radius 3 is 2.58 bits per heavy atom. The average molecular weight is 271 g/mol. The third-order valence-electron chi connectivity index (χ3n) is 2.59. The number of carboxylic acids is 1.